The minimum atomic E-state index is -0.336. The third-order valence-corrected chi connectivity index (χ3v) is 7.42. The summed E-state index contributed by atoms with van der Waals surface area (Å²) in [6.07, 6.45) is 9.15. The molecule has 204 valence electrons. The maximum absolute atomic E-state index is 12.9. The van der Waals surface area contributed by atoms with Crippen LogP contribution >= 0.6 is 11.6 Å². The van der Waals surface area contributed by atoms with Crippen LogP contribution in [0, 0.1) is 0 Å². The Hall–Kier alpha value is -3.77. The molecule has 0 amide bonds. The molecule has 5 aromatic heterocycles. The molecule has 0 aliphatic carbocycles. The average Bonchev–Trinajstić information content (AvgIpc) is 3.68. The number of hydrogen-bond donors (Lipinski definition) is 1. The van der Waals surface area contributed by atoms with Gasteiger partial charge >= 0.3 is 0 Å². The topological polar surface area (TPSA) is 103 Å². The van der Waals surface area contributed by atoms with E-state index in [0.29, 0.717) is 51.5 Å². The predicted molar refractivity (Wildman–Crippen MR) is 147 cm³/mol. The van der Waals surface area contributed by atoms with E-state index in [1.807, 2.05) is 11.6 Å². The number of ether oxygens (including phenoxy) is 1. The van der Waals surface area contributed by atoms with Crippen molar-refractivity contribution < 1.29 is 9.13 Å². The van der Waals surface area contributed by atoms with Gasteiger partial charge in [-0.15, -0.1) is 0 Å². The van der Waals surface area contributed by atoms with E-state index in [2.05, 4.69) is 61.8 Å². The molecular weight excluding hydrogens is 523 g/mol. The number of anilines is 2. The van der Waals surface area contributed by atoms with Gasteiger partial charge in [0, 0.05) is 56.3 Å². The first-order valence-corrected chi connectivity index (χ1v) is 13.2. The lowest BCUT2D eigenvalue weighted by Crippen LogP contribution is -2.26. The normalized spacial score (nSPS) is 16.5. The van der Waals surface area contributed by atoms with E-state index >= 15 is 0 Å². The van der Waals surface area contributed by atoms with Gasteiger partial charge in [-0.05, 0) is 6.42 Å². The summed E-state index contributed by atoms with van der Waals surface area (Å²) < 4.78 is 24.6. The third kappa shape index (κ3) is 4.67. The zero-order chi connectivity index (χ0) is 27.3. The van der Waals surface area contributed by atoms with Crippen LogP contribution in [0.2, 0.25) is 5.02 Å². The summed E-state index contributed by atoms with van der Waals surface area (Å²) in [5.74, 6) is 2.13. The third-order valence-electron chi connectivity index (χ3n) is 7.05. The fraction of sp³-hybridized carbons (Fsp3) is 0.423. The molecule has 0 unspecified atom stereocenters. The number of pyridine rings is 1. The van der Waals surface area contributed by atoms with E-state index in [1.54, 1.807) is 35.5 Å². The van der Waals surface area contributed by atoms with Crippen LogP contribution in [0.15, 0.2) is 37.1 Å². The number of rotatable bonds is 7. The van der Waals surface area contributed by atoms with Gasteiger partial charge in [0.05, 0.1) is 24.6 Å². The lowest BCUT2D eigenvalue weighted by molar-refractivity contribution is 0.282. The van der Waals surface area contributed by atoms with Crippen LogP contribution in [0.3, 0.4) is 0 Å². The zero-order valence-corrected chi connectivity index (χ0v) is 23.0. The summed E-state index contributed by atoms with van der Waals surface area (Å²) in [4.78, 5) is 15.4. The number of aryl methyl sites for hydroxylation is 1. The Bertz CT molecular complexity index is 1650. The second-order valence-corrected chi connectivity index (χ2v) is 11.2. The molecule has 1 N–H and O–H groups in total. The highest BCUT2D eigenvalue weighted by Crippen LogP contribution is 2.37. The molecule has 1 fully saturated rings. The molecule has 6 rings (SSSR count). The highest BCUT2D eigenvalue weighted by molar-refractivity contribution is 6.36. The summed E-state index contributed by atoms with van der Waals surface area (Å²) in [7, 11) is 1.86. The second-order valence-electron chi connectivity index (χ2n) is 10.8. The Morgan fingerprint density at radius 3 is 2.85 bits per heavy atom. The van der Waals surface area contributed by atoms with Crippen LogP contribution in [0.4, 0.5) is 16.2 Å². The van der Waals surface area contributed by atoms with E-state index in [1.165, 1.54) is 0 Å². The van der Waals surface area contributed by atoms with Crippen molar-refractivity contribution in [1.29, 1.82) is 0 Å². The summed E-state index contributed by atoms with van der Waals surface area (Å²) >= 11 is 6.80. The number of imidazole rings is 1. The largest absolute Gasteiger partial charge is 0.450 e. The number of fused-ring (bicyclic) bond motifs is 2. The van der Waals surface area contributed by atoms with E-state index in [0.717, 1.165) is 25.2 Å². The molecule has 1 aliphatic heterocycles. The summed E-state index contributed by atoms with van der Waals surface area (Å²) in [5.41, 5.74) is 2.79. The first-order valence-electron chi connectivity index (χ1n) is 12.8. The zero-order valence-electron chi connectivity index (χ0n) is 22.3. The molecule has 39 heavy (non-hydrogen) atoms. The number of hydrogen-bond acceptors (Lipinski definition) is 8. The summed E-state index contributed by atoms with van der Waals surface area (Å²) in [6.45, 7) is 8.27. The Kier molecular flexibility index (Phi) is 6.38. The predicted octanol–water partition coefficient (Wildman–Crippen LogP) is 4.91. The first-order chi connectivity index (χ1) is 18.7. The lowest BCUT2D eigenvalue weighted by atomic mass is 9.91. The van der Waals surface area contributed by atoms with Gasteiger partial charge in [0.25, 0.3) is 0 Å². The SMILES string of the molecule is Cn1c(Nc2cc(C(C)(C)C)n([C@H]3CCN(CCF)C3)n2)nc2ncc(Oc3cnn4ccncc34)c(Cl)c21. The van der Waals surface area contributed by atoms with E-state index in [4.69, 9.17) is 21.4 Å². The molecule has 5 aromatic rings. The van der Waals surface area contributed by atoms with Crippen molar-refractivity contribution in [3.05, 3.63) is 47.8 Å². The summed E-state index contributed by atoms with van der Waals surface area (Å²) in [6, 6.07) is 2.24. The quantitative estimate of drug-likeness (QED) is 0.304. The van der Waals surface area contributed by atoms with Gasteiger partial charge in [-0.3, -0.25) is 14.6 Å². The fourth-order valence-corrected chi connectivity index (χ4v) is 5.35. The van der Waals surface area contributed by atoms with Crippen molar-refractivity contribution in [3.8, 4) is 11.5 Å². The van der Waals surface area contributed by atoms with Crippen molar-refractivity contribution in [2.75, 3.05) is 31.6 Å². The molecule has 1 atom stereocenters. The fourth-order valence-electron chi connectivity index (χ4n) is 5.05. The standard InChI is InChI=1S/C26H30ClFN10O/c1-26(2,3)20-11-21(34-38(20)16-5-8-36(15-16)9-6-28)32-25-33-24-23(35(25)4)22(27)19(13-30-24)39-18-14-31-37-10-7-29-12-17(18)37/h7,10-14,16H,5-6,8-9,15H2,1-4H3,(H,30,32,33,34)/t16-/m0/s1. The lowest BCUT2D eigenvalue weighted by Gasteiger charge is -2.23. The molecule has 0 saturated carbocycles. The van der Waals surface area contributed by atoms with Gasteiger partial charge in [-0.2, -0.15) is 15.2 Å². The van der Waals surface area contributed by atoms with Crippen molar-refractivity contribution in [3.63, 3.8) is 0 Å². The van der Waals surface area contributed by atoms with Gasteiger partial charge < -0.3 is 14.6 Å². The molecule has 1 aliphatic rings. The smallest absolute Gasteiger partial charge is 0.210 e. The molecule has 6 heterocycles. The monoisotopic (exact) mass is 552 g/mol. The van der Waals surface area contributed by atoms with E-state index in [9.17, 15) is 4.39 Å². The average molecular weight is 553 g/mol. The Morgan fingerprint density at radius 1 is 1.21 bits per heavy atom. The van der Waals surface area contributed by atoms with Gasteiger partial charge in [-0.1, -0.05) is 32.4 Å². The number of halogens is 2. The molecule has 0 aromatic carbocycles. The van der Waals surface area contributed by atoms with Gasteiger partial charge in [-0.25, -0.2) is 13.9 Å². The Balaban J connectivity index is 1.30. The van der Waals surface area contributed by atoms with E-state index < -0.39 is 0 Å². The summed E-state index contributed by atoms with van der Waals surface area (Å²) in [5, 5.41) is 12.9. The number of nitrogens with one attached hydrogen (secondary N) is 1. The van der Waals surface area contributed by atoms with Gasteiger partial charge in [0.1, 0.15) is 22.7 Å². The number of likely N-dealkylation sites (tertiary alicyclic amines) is 1. The molecule has 0 spiro atoms. The van der Waals surface area contributed by atoms with Crippen LogP contribution in [0.1, 0.15) is 38.9 Å². The number of alkyl halides is 1. The maximum Gasteiger partial charge on any atom is 0.210 e. The van der Waals surface area contributed by atoms with Crippen molar-refractivity contribution in [1.82, 2.24) is 43.8 Å². The molecule has 11 nitrogen and oxygen atoms in total. The minimum Gasteiger partial charge on any atom is -0.450 e. The number of nitrogens with zero attached hydrogens (tertiary/aromatic N) is 9. The molecular formula is C26H30ClFN10O. The highest BCUT2D eigenvalue weighted by Gasteiger charge is 2.30. The molecule has 0 radical (unpaired) electrons. The Morgan fingerprint density at radius 2 is 2.05 bits per heavy atom. The Labute approximate surface area is 229 Å². The van der Waals surface area contributed by atoms with Crippen LogP contribution in [0.5, 0.6) is 11.5 Å². The number of aromatic nitrogens is 8. The van der Waals surface area contributed by atoms with Gasteiger partial charge in [0.15, 0.2) is 23.0 Å². The molecule has 0 bridgehead atoms. The van der Waals surface area contributed by atoms with E-state index in [-0.39, 0.29) is 18.1 Å². The van der Waals surface area contributed by atoms with Crippen LogP contribution in [-0.2, 0) is 12.5 Å². The highest BCUT2D eigenvalue weighted by atomic mass is 35.5. The molecule has 13 heteroatoms. The van der Waals surface area contributed by atoms with Crippen molar-refractivity contribution >= 4 is 40.0 Å². The van der Waals surface area contributed by atoms with Crippen LogP contribution < -0.4 is 10.1 Å². The van der Waals surface area contributed by atoms with Gasteiger partial charge in [0.2, 0.25) is 5.95 Å². The van der Waals surface area contributed by atoms with Crippen LogP contribution in [-0.4, -0.2) is 70.1 Å². The first kappa shape index (κ1) is 25.5. The molecule has 1 saturated heterocycles. The second kappa shape index (κ2) is 9.76. The van der Waals surface area contributed by atoms with Crippen molar-refractivity contribution in [2.45, 2.75) is 38.6 Å². The maximum atomic E-state index is 12.9. The van der Waals surface area contributed by atoms with Crippen LogP contribution in [0.25, 0.3) is 16.7 Å². The minimum absolute atomic E-state index is 0.127. The van der Waals surface area contributed by atoms with Crippen molar-refractivity contribution in [2.24, 2.45) is 7.05 Å².